The molecule has 4 nitrogen and oxygen atoms in total. The molecule has 0 heterocycles. The van der Waals surface area contributed by atoms with E-state index in [9.17, 15) is 8.42 Å². The van der Waals surface area contributed by atoms with E-state index in [2.05, 4.69) is 25.9 Å². The molecule has 2 aromatic carbocycles. The molecule has 0 spiro atoms. The van der Waals surface area contributed by atoms with Crippen molar-refractivity contribution >= 4 is 32.2 Å². The Kier molecular flexibility index (Phi) is 4.57. The van der Waals surface area contributed by atoms with Gasteiger partial charge in [-0.2, -0.15) is 13.5 Å². The van der Waals surface area contributed by atoms with Crippen molar-refractivity contribution in [3.63, 3.8) is 0 Å². The van der Waals surface area contributed by atoms with Gasteiger partial charge in [0.05, 0.1) is 11.1 Å². The van der Waals surface area contributed by atoms with Crippen LogP contribution in [0.3, 0.4) is 0 Å². The molecular formula is C14H13BrN2O2S. The Labute approximate surface area is 126 Å². The predicted molar refractivity (Wildman–Crippen MR) is 83.2 cm³/mol. The van der Waals surface area contributed by atoms with E-state index in [1.165, 1.54) is 6.21 Å². The molecule has 0 amide bonds. The fraction of sp³-hybridized carbons (Fsp3) is 0.0714. The Morgan fingerprint density at radius 1 is 1.05 bits per heavy atom. The minimum Gasteiger partial charge on any atom is -0.200 e. The summed E-state index contributed by atoms with van der Waals surface area (Å²) in [6.45, 7) is 1.90. The first kappa shape index (κ1) is 14.7. The van der Waals surface area contributed by atoms with Crippen LogP contribution in [0.25, 0.3) is 0 Å². The molecule has 2 aromatic rings. The van der Waals surface area contributed by atoms with Gasteiger partial charge in [0, 0.05) is 4.47 Å². The van der Waals surface area contributed by atoms with Crippen LogP contribution in [0.2, 0.25) is 0 Å². The van der Waals surface area contributed by atoms with Gasteiger partial charge in [-0.3, -0.25) is 0 Å². The highest BCUT2D eigenvalue weighted by Gasteiger charge is 2.11. The Hall–Kier alpha value is -1.66. The molecule has 2 rings (SSSR count). The average Bonchev–Trinajstić information content (AvgIpc) is 2.41. The van der Waals surface area contributed by atoms with Crippen molar-refractivity contribution in [2.75, 3.05) is 0 Å². The smallest absolute Gasteiger partial charge is 0.200 e. The Balaban J connectivity index is 2.09. The number of hydrazone groups is 1. The molecule has 20 heavy (non-hydrogen) atoms. The third-order valence-electron chi connectivity index (χ3n) is 2.59. The lowest BCUT2D eigenvalue weighted by Gasteiger charge is -2.03. The number of nitrogens with zero attached hydrogens (tertiary/aromatic N) is 1. The third kappa shape index (κ3) is 3.91. The number of rotatable bonds is 4. The molecule has 0 radical (unpaired) electrons. The fourth-order valence-corrected chi connectivity index (χ4v) is 2.54. The Morgan fingerprint density at radius 3 is 2.25 bits per heavy atom. The predicted octanol–water partition coefficient (Wildman–Crippen LogP) is 3.07. The number of hydrogen-bond acceptors (Lipinski definition) is 3. The zero-order valence-electron chi connectivity index (χ0n) is 10.7. The second-order valence-electron chi connectivity index (χ2n) is 4.22. The normalized spacial score (nSPS) is 11.7. The molecule has 0 bridgehead atoms. The molecule has 104 valence electrons. The van der Waals surface area contributed by atoms with E-state index >= 15 is 0 Å². The fourth-order valence-electron chi connectivity index (χ4n) is 1.49. The number of aryl methyl sites for hydroxylation is 1. The van der Waals surface area contributed by atoms with E-state index in [-0.39, 0.29) is 4.90 Å². The quantitative estimate of drug-likeness (QED) is 0.678. The van der Waals surface area contributed by atoms with Gasteiger partial charge in [-0.25, -0.2) is 4.83 Å². The zero-order valence-corrected chi connectivity index (χ0v) is 13.1. The third-order valence-corrected chi connectivity index (χ3v) is 4.35. The van der Waals surface area contributed by atoms with E-state index < -0.39 is 10.0 Å². The molecule has 0 aliphatic rings. The van der Waals surface area contributed by atoms with E-state index in [1.807, 2.05) is 31.2 Å². The maximum absolute atomic E-state index is 12.0. The minimum absolute atomic E-state index is 0.191. The van der Waals surface area contributed by atoms with E-state index in [0.717, 1.165) is 15.6 Å². The second kappa shape index (κ2) is 6.19. The van der Waals surface area contributed by atoms with E-state index in [1.54, 1.807) is 24.3 Å². The van der Waals surface area contributed by atoms with Crippen LogP contribution in [0.15, 0.2) is 63.0 Å². The summed E-state index contributed by atoms with van der Waals surface area (Å²) in [5, 5.41) is 3.76. The summed E-state index contributed by atoms with van der Waals surface area (Å²) in [6.07, 6.45) is 1.46. The number of hydrogen-bond donors (Lipinski definition) is 1. The standard InChI is InChI=1S/C14H13BrN2O2S/c1-11-2-8-14(9-3-11)20(18,19)17-16-10-12-4-6-13(15)7-5-12/h2-10,17H,1H3/b16-10-. The summed E-state index contributed by atoms with van der Waals surface area (Å²) >= 11 is 3.33. The van der Waals surface area contributed by atoms with Gasteiger partial charge in [-0.15, -0.1) is 0 Å². The van der Waals surface area contributed by atoms with Crippen LogP contribution in [0.5, 0.6) is 0 Å². The molecule has 6 heteroatoms. The van der Waals surface area contributed by atoms with Gasteiger partial charge in [-0.05, 0) is 36.8 Å². The SMILES string of the molecule is Cc1ccc(S(=O)(=O)N/N=C\c2ccc(Br)cc2)cc1. The first-order valence-electron chi connectivity index (χ1n) is 5.84. The van der Waals surface area contributed by atoms with Gasteiger partial charge in [0.2, 0.25) is 0 Å². The molecule has 1 N–H and O–H groups in total. The summed E-state index contributed by atoms with van der Waals surface area (Å²) in [5.41, 5.74) is 1.81. The van der Waals surface area contributed by atoms with Crippen molar-refractivity contribution in [2.45, 2.75) is 11.8 Å². The lowest BCUT2D eigenvalue weighted by Crippen LogP contribution is -2.18. The van der Waals surface area contributed by atoms with Crippen molar-refractivity contribution in [1.29, 1.82) is 0 Å². The van der Waals surface area contributed by atoms with Crippen LogP contribution in [0.1, 0.15) is 11.1 Å². The topological polar surface area (TPSA) is 58.5 Å². The summed E-state index contributed by atoms with van der Waals surface area (Å²) in [7, 11) is -3.61. The molecule has 0 atom stereocenters. The molecule has 0 saturated carbocycles. The molecule has 0 aliphatic carbocycles. The summed E-state index contributed by atoms with van der Waals surface area (Å²) in [4.78, 5) is 2.38. The first-order chi connectivity index (χ1) is 9.47. The number of sulfonamides is 1. The molecule has 0 aliphatic heterocycles. The highest BCUT2D eigenvalue weighted by molar-refractivity contribution is 9.10. The first-order valence-corrected chi connectivity index (χ1v) is 8.12. The van der Waals surface area contributed by atoms with Gasteiger partial charge < -0.3 is 0 Å². The van der Waals surface area contributed by atoms with Crippen LogP contribution >= 0.6 is 15.9 Å². The lowest BCUT2D eigenvalue weighted by atomic mass is 10.2. The highest BCUT2D eigenvalue weighted by Crippen LogP contribution is 2.10. The van der Waals surface area contributed by atoms with Crippen LogP contribution in [0.4, 0.5) is 0 Å². The Bertz CT molecular complexity index is 708. The highest BCUT2D eigenvalue weighted by atomic mass is 79.9. The van der Waals surface area contributed by atoms with Gasteiger partial charge in [0.1, 0.15) is 0 Å². The van der Waals surface area contributed by atoms with Crippen LogP contribution < -0.4 is 4.83 Å². The van der Waals surface area contributed by atoms with Crippen molar-refractivity contribution < 1.29 is 8.42 Å². The summed E-state index contributed by atoms with van der Waals surface area (Å²) in [6, 6.07) is 14.0. The number of nitrogens with one attached hydrogen (secondary N) is 1. The van der Waals surface area contributed by atoms with Crippen molar-refractivity contribution in [3.8, 4) is 0 Å². The maximum Gasteiger partial charge on any atom is 0.276 e. The van der Waals surface area contributed by atoms with Crippen LogP contribution in [-0.4, -0.2) is 14.6 Å². The van der Waals surface area contributed by atoms with Gasteiger partial charge in [0.25, 0.3) is 10.0 Å². The van der Waals surface area contributed by atoms with Gasteiger partial charge in [-0.1, -0.05) is 45.8 Å². The van der Waals surface area contributed by atoms with Gasteiger partial charge in [0.15, 0.2) is 0 Å². The number of benzene rings is 2. The lowest BCUT2D eigenvalue weighted by molar-refractivity contribution is 0.584. The summed E-state index contributed by atoms with van der Waals surface area (Å²) < 4.78 is 24.9. The Morgan fingerprint density at radius 2 is 1.65 bits per heavy atom. The van der Waals surface area contributed by atoms with Gasteiger partial charge >= 0.3 is 0 Å². The largest absolute Gasteiger partial charge is 0.276 e. The van der Waals surface area contributed by atoms with Crippen molar-refractivity contribution in [3.05, 3.63) is 64.1 Å². The monoisotopic (exact) mass is 352 g/mol. The molecule has 0 saturated heterocycles. The van der Waals surface area contributed by atoms with E-state index in [4.69, 9.17) is 0 Å². The maximum atomic E-state index is 12.0. The van der Waals surface area contributed by atoms with Crippen molar-refractivity contribution in [1.82, 2.24) is 4.83 Å². The minimum atomic E-state index is -3.61. The molecule has 0 aromatic heterocycles. The second-order valence-corrected chi connectivity index (χ2v) is 6.79. The van der Waals surface area contributed by atoms with Crippen molar-refractivity contribution in [2.24, 2.45) is 5.10 Å². The average molecular weight is 353 g/mol. The molecular weight excluding hydrogens is 340 g/mol. The van der Waals surface area contributed by atoms with Crippen LogP contribution in [0, 0.1) is 6.92 Å². The molecule has 0 unspecified atom stereocenters. The van der Waals surface area contributed by atoms with E-state index in [0.29, 0.717) is 0 Å². The summed E-state index contributed by atoms with van der Waals surface area (Å²) in [5.74, 6) is 0. The molecule has 0 fully saturated rings. The zero-order chi connectivity index (χ0) is 14.6. The van der Waals surface area contributed by atoms with Crippen LogP contribution in [-0.2, 0) is 10.0 Å². The number of halogens is 1.